The van der Waals surface area contributed by atoms with Gasteiger partial charge in [-0.25, -0.2) is 0 Å². The highest BCUT2D eigenvalue weighted by atomic mass is 16.3. The number of hydrogen-bond donors (Lipinski definition) is 2. The van der Waals surface area contributed by atoms with Crippen LogP contribution >= 0.6 is 0 Å². The number of nitrogens with zero attached hydrogens (tertiary/aromatic N) is 4. The van der Waals surface area contributed by atoms with Crippen molar-refractivity contribution >= 4 is 0 Å². The largest absolute Gasteiger partial charge is 0.382 e. The van der Waals surface area contributed by atoms with E-state index in [0.29, 0.717) is 12.2 Å². The predicted octanol–water partition coefficient (Wildman–Crippen LogP) is 0.683. The molecule has 2 N–H and O–H groups in total. The van der Waals surface area contributed by atoms with E-state index in [1.807, 2.05) is 18.2 Å². The Balaban J connectivity index is 1.72. The number of pyridine rings is 1. The number of likely N-dealkylation sites (tertiary alicyclic amines) is 1. The Bertz CT molecular complexity index is 515. The van der Waals surface area contributed by atoms with Gasteiger partial charge in [-0.1, -0.05) is 6.07 Å². The van der Waals surface area contributed by atoms with Gasteiger partial charge in [-0.2, -0.15) is 15.4 Å². The molecule has 1 aliphatic rings. The van der Waals surface area contributed by atoms with E-state index in [-0.39, 0.29) is 0 Å². The number of aromatic amines is 1. The Hall–Kier alpha value is -1.79. The minimum Gasteiger partial charge on any atom is -0.382 e. The van der Waals surface area contributed by atoms with Gasteiger partial charge in [0.1, 0.15) is 11.3 Å². The van der Waals surface area contributed by atoms with Crippen LogP contribution in [0.15, 0.2) is 30.6 Å². The van der Waals surface area contributed by atoms with Gasteiger partial charge in [0, 0.05) is 19.3 Å². The summed E-state index contributed by atoms with van der Waals surface area (Å²) in [5.41, 5.74) is 0.741. The molecule has 1 unspecified atom stereocenters. The second-order valence-corrected chi connectivity index (χ2v) is 5.02. The Morgan fingerprint density at radius 2 is 2.37 bits per heavy atom. The molecular weight excluding hydrogens is 242 g/mol. The number of aromatic nitrogens is 4. The first-order valence-corrected chi connectivity index (χ1v) is 6.47. The molecule has 2 aromatic heterocycles. The Kier molecular flexibility index (Phi) is 3.27. The van der Waals surface area contributed by atoms with Crippen molar-refractivity contribution in [2.75, 3.05) is 13.1 Å². The fourth-order valence-electron chi connectivity index (χ4n) is 2.61. The number of H-pyrrole nitrogens is 1. The van der Waals surface area contributed by atoms with E-state index in [0.717, 1.165) is 31.6 Å². The maximum atomic E-state index is 10.7. The molecule has 0 radical (unpaired) electrons. The SMILES string of the molecule is OC1(c2cn[nH]n2)CCCN(Cc2ccccn2)C1. The summed E-state index contributed by atoms with van der Waals surface area (Å²) in [6.45, 7) is 2.29. The zero-order valence-electron chi connectivity index (χ0n) is 10.7. The van der Waals surface area contributed by atoms with Crippen molar-refractivity contribution in [3.8, 4) is 0 Å². The summed E-state index contributed by atoms with van der Waals surface area (Å²) >= 11 is 0. The van der Waals surface area contributed by atoms with Crippen molar-refractivity contribution in [3.63, 3.8) is 0 Å². The quantitative estimate of drug-likeness (QED) is 0.847. The summed E-state index contributed by atoms with van der Waals surface area (Å²) in [7, 11) is 0. The summed E-state index contributed by atoms with van der Waals surface area (Å²) in [5, 5.41) is 21.1. The number of rotatable bonds is 3. The number of nitrogens with one attached hydrogen (secondary N) is 1. The van der Waals surface area contributed by atoms with Gasteiger partial charge < -0.3 is 5.11 Å². The van der Waals surface area contributed by atoms with Crippen LogP contribution in [-0.4, -0.2) is 43.5 Å². The standard InChI is InChI=1S/C13H17N5O/c19-13(12-8-15-17-16-12)5-3-7-18(10-13)9-11-4-1-2-6-14-11/h1-2,4,6,8,19H,3,5,7,9-10H2,(H,15,16,17). The molecule has 1 atom stereocenters. The Labute approximate surface area is 111 Å². The van der Waals surface area contributed by atoms with Gasteiger partial charge in [0.15, 0.2) is 0 Å². The van der Waals surface area contributed by atoms with Gasteiger partial charge in [0.05, 0.1) is 11.9 Å². The lowest BCUT2D eigenvalue weighted by atomic mass is 9.90. The smallest absolute Gasteiger partial charge is 0.123 e. The van der Waals surface area contributed by atoms with Crippen LogP contribution in [0.25, 0.3) is 0 Å². The maximum Gasteiger partial charge on any atom is 0.123 e. The Morgan fingerprint density at radius 1 is 1.42 bits per heavy atom. The number of hydrogen-bond acceptors (Lipinski definition) is 5. The fourth-order valence-corrected chi connectivity index (χ4v) is 2.61. The third kappa shape index (κ3) is 2.64. The van der Waals surface area contributed by atoms with Crippen molar-refractivity contribution < 1.29 is 5.11 Å². The first kappa shape index (κ1) is 12.3. The topological polar surface area (TPSA) is 77.9 Å². The lowest BCUT2D eigenvalue weighted by molar-refractivity contribution is -0.0417. The van der Waals surface area contributed by atoms with Gasteiger partial charge in [-0.05, 0) is 31.5 Å². The lowest BCUT2D eigenvalue weighted by Gasteiger charge is -2.37. The van der Waals surface area contributed by atoms with Crippen molar-refractivity contribution in [3.05, 3.63) is 42.0 Å². The van der Waals surface area contributed by atoms with Crippen LogP contribution in [0.2, 0.25) is 0 Å². The molecule has 0 saturated carbocycles. The van der Waals surface area contributed by atoms with Crippen LogP contribution in [0.3, 0.4) is 0 Å². The van der Waals surface area contributed by atoms with Gasteiger partial charge in [0.25, 0.3) is 0 Å². The summed E-state index contributed by atoms with van der Waals surface area (Å²) in [6.07, 6.45) is 5.06. The zero-order valence-corrected chi connectivity index (χ0v) is 10.7. The highest BCUT2D eigenvalue weighted by molar-refractivity contribution is 5.10. The molecule has 3 heterocycles. The van der Waals surface area contributed by atoms with E-state index in [1.165, 1.54) is 0 Å². The minimum absolute atomic E-state index is 0.566. The normalized spacial score (nSPS) is 24.5. The summed E-state index contributed by atoms with van der Waals surface area (Å²) in [4.78, 5) is 6.53. The lowest BCUT2D eigenvalue weighted by Crippen LogP contribution is -2.46. The summed E-state index contributed by atoms with van der Waals surface area (Å²) < 4.78 is 0. The Morgan fingerprint density at radius 3 is 3.11 bits per heavy atom. The fraction of sp³-hybridized carbons (Fsp3) is 0.462. The van der Waals surface area contributed by atoms with E-state index >= 15 is 0 Å². The number of aliphatic hydroxyl groups is 1. The van der Waals surface area contributed by atoms with E-state index in [2.05, 4.69) is 25.3 Å². The molecule has 1 aliphatic heterocycles. The summed E-state index contributed by atoms with van der Waals surface area (Å²) in [5.74, 6) is 0. The zero-order chi connectivity index (χ0) is 13.1. The second-order valence-electron chi connectivity index (χ2n) is 5.02. The van der Waals surface area contributed by atoms with Gasteiger partial charge in [-0.15, -0.1) is 0 Å². The molecular formula is C13H17N5O. The van der Waals surface area contributed by atoms with E-state index < -0.39 is 5.60 Å². The first-order chi connectivity index (χ1) is 9.26. The molecule has 19 heavy (non-hydrogen) atoms. The maximum absolute atomic E-state index is 10.7. The highest BCUT2D eigenvalue weighted by Crippen LogP contribution is 2.30. The molecule has 3 rings (SSSR count). The summed E-state index contributed by atoms with van der Waals surface area (Å²) in [6, 6.07) is 5.89. The van der Waals surface area contributed by atoms with Crippen LogP contribution in [0.4, 0.5) is 0 Å². The van der Waals surface area contributed by atoms with Gasteiger partial charge in [0.2, 0.25) is 0 Å². The van der Waals surface area contributed by atoms with Crippen molar-refractivity contribution in [1.82, 2.24) is 25.3 Å². The van der Waals surface area contributed by atoms with E-state index in [4.69, 9.17) is 0 Å². The van der Waals surface area contributed by atoms with Gasteiger partial charge >= 0.3 is 0 Å². The second kappa shape index (κ2) is 5.07. The molecule has 1 fully saturated rings. The molecule has 0 spiro atoms. The van der Waals surface area contributed by atoms with Crippen molar-refractivity contribution in [2.24, 2.45) is 0 Å². The molecule has 6 nitrogen and oxygen atoms in total. The molecule has 2 aromatic rings. The third-order valence-electron chi connectivity index (χ3n) is 3.55. The first-order valence-electron chi connectivity index (χ1n) is 6.47. The van der Waals surface area contributed by atoms with E-state index in [1.54, 1.807) is 12.4 Å². The predicted molar refractivity (Wildman–Crippen MR) is 69.0 cm³/mol. The average molecular weight is 259 g/mol. The van der Waals surface area contributed by atoms with Crippen LogP contribution in [-0.2, 0) is 12.1 Å². The van der Waals surface area contributed by atoms with Crippen molar-refractivity contribution in [1.29, 1.82) is 0 Å². The number of piperidine rings is 1. The third-order valence-corrected chi connectivity index (χ3v) is 3.55. The molecule has 100 valence electrons. The van der Waals surface area contributed by atoms with Gasteiger partial charge in [-0.3, -0.25) is 9.88 Å². The van der Waals surface area contributed by atoms with Crippen LogP contribution < -0.4 is 0 Å². The van der Waals surface area contributed by atoms with Crippen LogP contribution in [0.1, 0.15) is 24.2 Å². The number of β-amino-alcohol motifs (C(OH)–C–C–N with tert-alkyl or cyclic N) is 1. The van der Waals surface area contributed by atoms with Crippen molar-refractivity contribution in [2.45, 2.75) is 25.0 Å². The monoisotopic (exact) mass is 259 g/mol. The molecule has 6 heteroatoms. The molecule has 0 aliphatic carbocycles. The molecule has 0 amide bonds. The molecule has 1 saturated heterocycles. The molecule has 0 bridgehead atoms. The average Bonchev–Trinajstić information content (AvgIpc) is 2.95. The van der Waals surface area contributed by atoms with Crippen LogP contribution in [0, 0.1) is 0 Å². The highest BCUT2D eigenvalue weighted by Gasteiger charge is 2.37. The molecule has 0 aromatic carbocycles. The van der Waals surface area contributed by atoms with E-state index in [9.17, 15) is 5.11 Å². The minimum atomic E-state index is -0.903. The van der Waals surface area contributed by atoms with Crippen LogP contribution in [0.5, 0.6) is 0 Å².